The molecule has 0 saturated carbocycles. The molecule has 0 atom stereocenters. The minimum Gasteiger partial charge on any atom is -0.378 e. The minimum absolute atomic E-state index is 0.307. The average Bonchev–Trinajstić information content (AvgIpc) is 2.37. The minimum atomic E-state index is -0.511. The summed E-state index contributed by atoms with van der Waals surface area (Å²) in [6, 6.07) is 7.12. The van der Waals surface area contributed by atoms with Crippen LogP contribution in [0, 0.1) is 13.5 Å². The molecule has 0 aliphatic heterocycles. The van der Waals surface area contributed by atoms with E-state index in [0.717, 1.165) is 18.4 Å². The van der Waals surface area contributed by atoms with E-state index in [1.807, 2.05) is 13.0 Å². The molecule has 0 aliphatic carbocycles. The summed E-state index contributed by atoms with van der Waals surface area (Å²) < 4.78 is 5.21. The van der Waals surface area contributed by atoms with E-state index < -0.39 is 5.97 Å². The van der Waals surface area contributed by atoms with Gasteiger partial charge in [-0.05, 0) is 25.5 Å². The number of hydrogen-bond acceptors (Lipinski definition) is 4. The van der Waals surface area contributed by atoms with Crippen LogP contribution in [0.3, 0.4) is 0 Å². The first-order valence-electron chi connectivity index (χ1n) is 6.07. The van der Waals surface area contributed by atoms with Crippen LogP contribution >= 0.6 is 0 Å². The van der Waals surface area contributed by atoms with Gasteiger partial charge in [-0.3, -0.25) is 4.89 Å². The van der Waals surface area contributed by atoms with Crippen molar-refractivity contribution in [1.29, 1.82) is 0 Å². The van der Waals surface area contributed by atoms with Crippen molar-refractivity contribution < 1.29 is 19.3 Å². The van der Waals surface area contributed by atoms with Crippen LogP contribution < -0.4 is 0 Å². The van der Waals surface area contributed by atoms with Gasteiger partial charge in [-0.25, -0.2) is 4.79 Å². The quantitative estimate of drug-likeness (QED) is 0.404. The highest BCUT2D eigenvalue weighted by molar-refractivity contribution is 5.89. The number of aryl methyl sites for hydroxylation is 1. The molecule has 1 aromatic carbocycles. The number of carbonyl (C=O) groups excluding carboxylic acids is 1. The zero-order valence-corrected chi connectivity index (χ0v) is 10.8. The van der Waals surface area contributed by atoms with E-state index in [1.54, 1.807) is 18.2 Å². The fourth-order valence-corrected chi connectivity index (χ4v) is 1.30. The summed E-state index contributed by atoms with van der Waals surface area (Å²) in [5, 5.41) is 0. The van der Waals surface area contributed by atoms with Gasteiger partial charge in [-0.1, -0.05) is 31.0 Å². The third-order valence-electron chi connectivity index (χ3n) is 2.27. The van der Waals surface area contributed by atoms with Crippen molar-refractivity contribution in [1.82, 2.24) is 0 Å². The van der Waals surface area contributed by atoms with Crippen LogP contribution in [0.4, 0.5) is 0 Å². The van der Waals surface area contributed by atoms with E-state index in [1.165, 1.54) is 6.61 Å². The number of carbonyl (C=O) groups is 1. The highest BCUT2D eigenvalue weighted by atomic mass is 17.2. The van der Waals surface area contributed by atoms with E-state index >= 15 is 0 Å². The molecule has 1 radical (unpaired) electrons. The summed E-state index contributed by atoms with van der Waals surface area (Å²) in [5.74, 6) is -0.511. The fraction of sp³-hybridized carbons (Fsp3) is 0.429. The predicted molar refractivity (Wildman–Crippen MR) is 67.7 cm³/mol. The Morgan fingerprint density at radius 2 is 2.22 bits per heavy atom. The summed E-state index contributed by atoms with van der Waals surface area (Å²) in [7, 11) is 0. The summed E-state index contributed by atoms with van der Waals surface area (Å²) in [5.41, 5.74) is 1.46. The Bertz CT molecular complexity index is 363. The summed E-state index contributed by atoms with van der Waals surface area (Å²) in [4.78, 5) is 20.8. The topological polar surface area (TPSA) is 44.8 Å². The largest absolute Gasteiger partial charge is 0.378 e. The summed E-state index contributed by atoms with van der Waals surface area (Å²) in [6.07, 6.45) is 2.10. The molecule has 0 aromatic heterocycles. The maximum absolute atomic E-state index is 11.5. The lowest BCUT2D eigenvalue weighted by atomic mass is 10.1. The van der Waals surface area contributed by atoms with Crippen molar-refractivity contribution in [2.24, 2.45) is 0 Å². The first kappa shape index (κ1) is 14.7. The van der Waals surface area contributed by atoms with E-state index in [0.29, 0.717) is 18.8 Å². The van der Waals surface area contributed by atoms with Gasteiger partial charge in [0, 0.05) is 6.61 Å². The highest BCUT2D eigenvalue weighted by Gasteiger charge is 2.07. The molecule has 0 unspecified atom stereocenters. The molecular formula is C14H19O4. The molecule has 18 heavy (non-hydrogen) atoms. The Kier molecular flexibility index (Phi) is 7.06. The molecule has 0 aliphatic rings. The van der Waals surface area contributed by atoms with E-state index in [4.69, 9.17) is 4.74 Å². The van der Waals surface area contributed by atoms with Crippen LogP contribution in [0.5, 0.6) is 0 Å². The lowest BCUT2D eigenvalue weighted by Gasteiger charge is -2.04. The van der Waals surface area contributed by atoms with Crippen LogP contribution in [0.1, 0.15) is 35.7 Å². The van der Waals surface area contributed by atoms with Crippen LogP contribution in [-0.4, -0.2) is 19.2 Å². The number of rotatable bonds is 8. The van der Waals surface area contributed by atoms with Crippen molar-refractivity contribution >= 4 is 5.97 Å². The van der Waals surface area contributed by atoms with Crippen molar-refractivity contribution in [3.05, 3.63) is 42.0 Å². The van der Waals surface area contributed by atoms with Crippen molar-refractivity contribution in [3.8, 4) is 0 Å². The second kappa shape index (κ2) is 8.66. The Morgan fingerprint density at radius 3 is 2.94 bits per heavy atom. The van der Waals surface area contributed by atoms with Crippen LogP contribution in [0.2, 0.25) is 0 Å². The van der Waals surface area contributed by atoms with Gasteiger partial charge in [0.15, 0.2) is 6.61 Å². The predicted octanol–water partition coefficient (Wildman–Crippen LogP) is 3.06. The Balaban J connectivity index is 2.14. The molecule has 0 amide bonds. The van der Waals surface area contributed by atoms with Gasteiger partial charge < -0.3 is 4.74 Å². The molecule has 0 fully saturated rings. The monoisotopic (exact) mass is 251 g/mol. The highest BCUT2D eigenvalue weighted by Crippen LogP contribution is 2.06. The summed E-state index contributed by atoms with van der Waals surface area (Å²) >= 11 is 0. The first-order chi connectivity index (χ1) is 8.74. The molecule has 0 N–H and O–H groups in total. The van der Waals surface area contributed by atoms with Gasteiger partial charge in [-0.15, -0.1) is 0 Å². The van der Waals surface area contributed by atoms with Gasteiger partial charge in [0.05, 0.1) is 12.2 Å². The Morgan fingerprint density at radius 1 is 1.39 bits per heavy atom. The van der Waals surface area contributed by atoms with E-state index in [2.05, 4.69) is 16.7 Å². The van der Waals surface area contributed by atoms with E-state index in [-0.39, 0.29) is 0 Å². The average molecular weight is 251 g/mol. The number of ether oxygens (including phenoxy) is 1. The van der Waals surface area contributed by atoms with Crippen molar-refractivity contribution in [2.75, 3.05) is 13.2 Å². The molecule has 0 bridgehead atoms. The second-order valence-corrected chi connectivity index (χ2v) is 3.93. The molecule has 1 aromatic rings. The Hall–Kier alpha value is -1.39. The maximum Gasteiger partial charge on any atom is 0.373 e. The zero-order chi connectivity index (χ0) is 13.2. The first-order valence-corrected chi connectivity index (χ1v) is 6.07. The molecule has 1 rings (SSSR count). The van der Waals surface area contributed by atoms with Gasteiger partial charge >= 0.3 is 5.97 Å². The van der Waals surface area contributed by atoms with Gasteiger partial charge in [0.1, 0.15) is 0 Å². The smallest absolute Gasteiger partial charge is 0.373 e. The lowest BCUT2D eigenvalue weighted by molar-refractivity contribution is -0.218. The second-order valence-electron chi connectivity index (χ2n) is 3.93. The maximum atomic E-state index is 11.5. The van der Waals surface area contributed by atoms with E-state index in [9.17, 15) is 4.79 Å². The molecule has 0 saturated heterocycles. The third-order valence-corrected chi connectivity index (χ3v) is 2.27. The molecule has 4 heteroatoms. The zero-order valence-electron chi connectivity index (χ0n) is 10.8. The fourth-order valence-electron chi connectivity index (χ4n) is 1.30. The number of hydrogen-bond donors (Lipinski definition) is 0. The van der Waals surface area contributed by atoms with Crippen LogP contribution in [0.25, 0.3) is 0 Å². The van der Waals surface area contributed by atoms with Gasteiger partial charge in [-0.2, -0.15) is 4.89 Å². The van der Waals surface area contributed by atoms with Crippen molar-refractivity contribution in [3.63, 3.8) is 0 Å². The molecular weight excluding hydrogens is 232 g/mol. The molecule has 0 spiro atoms. The van der Waals surface area contributed by atoms with Crippen molar-refractivity contribution in [2.45, 2.75) is 26.7 Å². The van der Waals surface area contributed by atoms with Gasteiger partial charge in [0.2, 0.25) is 0 Å². The molecule has 99 valence electrons. The third kappa shape index (κ3) is 5.80. The number of unbranched alkanes of at least 4 members (excludes halogenated alkanes) is 1. The molecule has 4 nitrogen and oxygen atoms in total. The standard InChI is InChI=1S/C14H19O4/c1-3-4-8-16-9-10-17-18-14(15)13-7-5-6-12(2)11-13/h5-7,10-11H,3-4,8-9H2,1-2H3. The summed E-state index contributed by atoms with van der Waals surface area (Å²) in [6.45, 7) is 6.31. The molecule has 0 heterocycles. The lowest BCUT2D eigenvalue weighted by Crippen LogP contribution is -2.07. The van der Waals surface area contributed by atoms with Crippen LogP contribution in [-0.2, 0) is 14.5 Å². The Labute approximate surface area is 108 Å². The normalized spacial score (nSPS) is 10.3. The SMILES string of the molecule is CCCCOC[CH]OOC(=O)c1cccc(C)c1. The number of benzene rings is 1. The van der Waals surface area contributed by atoms with Gasteiger partial charge in [0.25, 0.3) is 0 Å². The van der Waals surface area contributed by atoms with Crippen LogP contribution in [0.15, 0.2) is 24.3 Å².